The summed E-state index contributed by atoms with van der Waals surface area (Å²) < 4.78 is 24.0. The van der Waals surface area contributed by atoms with Crippen molar-refractivity contribution in [2.24, 2.45) is 10.8 Å². The number of aryl methyl sites for hydroxylation is 4. The van der Waals surface area contributed by atoms with Crippen molar-refractivity contribution in [1.82, 2.24) is 0 Å². The molecule has 0 spiro atoms. The van der Waals surface area contributed by atoms with Crippen molar-refractivity contribution in [2.75, 3.05) is 13.2 Å². The number of cyclic esters (lactones) is 1. The molecule has 0 saturated carbocycles. The van der Waals surface area contributed by atoms with Gasteiger partial charge in [0, 0.05) is 23.7 Å². The zero-order valence-electron chi connectivity index (χ0n) is 53.2. The third kappa shape index (κ3) is 16.4. The van der Waals surface area contributed by atoms with Crippen molar-refractivity contribution in [1.29, 1.82) is 0 Å². The lowest BCUT2D eigenvalue weighted by molar-refractivity contribution is -0.142. The summed E-state index contributed by atoms with van der Waals surface area (Å²) in [6.07, 6.45) is 3.70. The summed E-state index contributed by atoms with van der Waals surface area (Å²) in [6.45, 7) is 37.7. The van der Waals surface area contributed by atoms with E-state index in [-0.39, 0.29) is 59.3 Å². The van der Waals surface area contributed by atoms with E-state index in [0.29, 0.717) is 18.8 Å². The van der Waals surface area contributed by atoms with Gasteiger partial charge in [0.1, 0.15) is 30.8 Å². The molecule has 2 unspecified atom stereocenters. The molecule has 0 radical (unpaired) electrons. The Hall–Kier alpha value is -6.04. The number of benzene rings is 6. The summed E-state index contributed by atoms with van der Waals surface area (Å²) in [5, 5.41) is 29.7. The largest absolute Gasteiger partial charge is 0.491 e. The van der Waals surface area contributed by atoms with Crippen molar-refractivity contribution in [3.8, 4) is 33.8 Å². The van der Waals surface area contributed by atoms with Gasteiger partial charge < -0.3 is 34.0 Å². The van der Waals surface area contributed by atoms with Crippen LogP contribution in [0.3, 0.4) is 0 Å². The van der Waals surface area contributed by atoms with E-state index in [2.05, 4.69) is 192 Å². The van der Waals surface area contributed by atoms with E-state index in [9.17, 15) is 19.8 Å². The fraction of sp³-hybridized carbons (Fsp3) is 0.479. The molecule has 6 aromatic carbocycles. The Labute approximate surface area is 499 Å². The van der Waals surface area contributed by atoms with Gasteiger partial charge in [-0.1, -0.05) is 166 Å². The van der Waals surface area contributed by atoms with Crippen molar-refractivity contribution in [2.45, 2.75) is 203 Å². The molecule has 0 bridgehead atoms. The molecule has 1 saturated heterocycles. The summed E-state index contributed by atoms with van der Waals surface area (Å²) in [7, 11) is -1.74. The molecule has 0 aliphatic carbocycles. The Morgan fingerprint density at radius 1 is 0.602 bits per heavy atom. The van der Waals surface area contributed by atoms with Crippen LogP contribution in [0.25, 0.3) is 22.3 Å². The third-order valence-corrected chi connectivity index (χ3v) is 18.0. The summed E-state index contributed by atoms with van der Waals surface area (Å²) in [5.41, 5.74) is 16.1. The molecular formula is C73H98O9Si. The summed E-state index contributed by atoms with van der Waals surface area (Å²) >= 11 is 0. The highest BCUT2D eigenvalue weighted by atomic mass is 28.4. The summed E-state index contributed by atoms with van der Waals surface area (Å²) in [6, 6.07) is 43.8. The quantitative estimate of drug-likeness (QED) is 0.0424. The van der Waals surface area contributed by atoms with Gasteiger partial charge in [-0.15, -0.1) is 0 Å². The number of hydrogen-bond donors (Lipinski definition) is 3. The van der Waals surface area contributed by atoms with Gasteiger partial charge in [0.15, 0.2) is 8.32 Å². The minimum absolute atomic E-state index is 0.00169. The fourth-order valence-electron chi connectivity index (χ4n) is 12.0. The van der Waals surface area contributed by atoms with Crippen molar-refractivity contribution in [3.05, 3.63) is 177 Å². The van der Waals surface area contributed by atoms with Crippen LogP contribution in [0.5, 0.6) is 11.5 Å². The van der Waals surface area contributed by atoms with Crippen LogP contribution in [0, 0.1) is 38.5 Å². The van der Waals surface area contributed by atoms with Gasteiger partial charge in [-0.3, -0.25) is 9.59 Å². The number of aliphatic hydroxyl groups is 2. The fourth-order valence-corrected chi connectivity index (χ4v) is 13.2. The highest BCUT2D eigenvalue weighted by Crippen LogP contribution is 2.45. The third-order valence-electron chi connectivity index (χ3n) is 17.0. The van der Waals surface area contributed by atoms with Gasteiger partial charge in [0.25, 0.3) is 0 Å². The molecule has 4 atom stereocenters. The molecule has 83 heavy (non-hydrogen) atoms. The first kappa shape index (κ1) is 66.1. The Balaban J connectivity index is 0.000000267. The molecule has 0 aromatic heterocycles. The molecule has 0 amide bonds. The molecule has 10 heteroatoms. The molecule has 1 fully saturated rings. The van der Waals surface area contributed by atoms with E-state index in [1.54, 1.807) is 0 Å². The van der Waals surface area contributed by atoms with Crippen LogP contribution in [-0.2, 0) is 29.6 Å². The first-order valence-electron chi connectivity index (χ1n) is 30.3. The van der Waals surface area contributed by atoms with Crippen LogP contribution >= 0.6 is 0 Å². The SMILES string of the molecule is CCC(CC)(c1ccc(OC[C@H](O)CCC(=O)O)c(C)c1)c1ccc(-c2cccc(C(O)C(C)(C)C)c2)c(C)c1.CCC(CC)(c1ccc(OC[C@H]2CCC(=O)O2)c(C)c1)c1ccc(-c2cccc(C(O[Si](C)(C)C)C(C)(C)C)c2)c(C)c1. The molecule has 9 nitrogen and oxygen atoms in total. The van der Waals surface area contributed by atoms with Crippen molar-refractivity contribution < 1.29 is 43.5 Å². The summed E-state index contributed by atoms with van der Waals surface area (Å²) in [4.78, 5) is 22.2. The average Bonchev–Trinajstić information content (AvgIpc) is 3.94. The van der Waals surface area contributed by atoms with Gasteiger partial charge in [-0.2, -0.15) is 0 Å². The molecule has 1 heterocycles. The van der Waals surface area contributed by atoms with Crippen LogP contribution in [-0.4, -0.2) is 61.0 Å². The lowest BCUT2D eigenvalue weighted by Crippen LogP contribution is -2.33. The Bertz CT molecular complexity index is 3150. The standard InChI is InChI=1S/C38H52O4Si.C35H46O5/c1-11-38(12-2,31-17-20-34(27(4)23-31)40-25-32-18-21-35(39)41-32)30-16-19-33(26(3)22-30)28-14-13-15-29(24-28)36(37(5,6)7)42-43(8,9)10;1-8-35(9-2,28-14-17-31(24(4)20-28)40-22-29(36)15-18-32(37)38)27-13-16-30(23(3)19-27)25-11-10-12-26(21-25)33(39)34(5,6)7/h13-17,19-20,22-24,32,36H,11-12,18,21,25H2,1-10H3;10-14,16-17,19-21,29,33,36,39H,8-9,15,18,22H2,1-7H3,(H,37,38)/t32-,36?;29-,33?/m11/s1. The lowest BCUT2D eigenvalue weighted by Gasteiger charge is -2.36. The number of aliphatic hydroxyl groups excluding tert-OH is 2. The monoisotopic (exact) mass is 1150 g/mol. The zero-order chi connectivity index (χ0) is 61.2. The molecule has 448 valence electrons. The topological polar surface area (TPSA) is 132 Å². The second-order valence-corrected chi connectivity index (χ2v) is 30.9. The van der Waals surface area contributed by atoms with E-state index in [0.717, 1.165) is 65.7 Å². The van der Waals surface area contributed by atoms with Crippen molar-refractivity contribution in [3.63, 3.8) is 0 Å². The maximum absolute atomic E-state index is 11.5. The van der Waals surface area contributed by atoms with Crippen molar-refractivity contribution >= 4 is 20.3 Å². The number of rotatable bonds is 23. The maximum Gasteiger partial charge on any atom is 0.306 e. The second kappa shape index (κ2) is 27.8. The Kier molecular flexibility index (Phi) is 22.1. The minimum atomic E-state index is -1.74. The molecule has 7 rings (SSSR count). The first-order valence-corrected chi connectivity index (χ1v) is 33.8. The summed E-state index contributed by atoms with van der Waals surface area (Å²) in [5.74, 6) is 0.496. The van der Waals surface area contributed by atoms with Gasteiger partial charge in [-0.25, -0.2) is 0 Å². The highest BCUT2D eigenvalue weighted by Gasteiger charge is 2.35. The van der Waals surface area contributed by atoms with Crippen LogP contribution < -0.4 is 9.47 Å². The first-order chi connectivity index (χ1) is 39.0. The van der Waals surface area contributed by atoms with E-state index >= 15 is 0 Å². The zero-order valence-corrected chi connectivity index (χ0v) is 54.2. The number of ether oxygens (including phenoxy) is 3. The predicted molar refractivity (Wildman–Crippen MR) is 342 cm³/mol. The average molecular weight is 1150 g/mol. The highest BCUT2D eigenvalue weighted by molar-refractivity contribution is 6.69. The smallest absolute Gasteiger partial charge is 0.306 e. The van der Waals surface area contributed by atoms with Gasteiger partial charge in [-0.05, 0) is 199 Å². The Morgan fingerprint density at radius 3 is 1.45 bits per heavy atom. The normalized spacial score (nSPS) is 15.2. The number of carbonyl (C=O) groups excluding carboxylic acids is 1. The number of carboxylic acid groups (broad SMARTS) is 1. The maximum atomic E-state index is 11.5. The molecule has 6 aromatic rings. The van der Waals surface area contributed by atoms with E-state index in [1.165, 1.54) is 50.1 Å². The number of carboxylic acids is 1. The molecular weight excluding hydrogens is 1050 g/mol. The second-order valence-electron chi connectivity index (χ2n) is 26.5. The molecule has 1 aliphatic rings. The van der Waals surface area contributed by atoms with Crippen LogP contribution in [0.1, 0.15) is 188 Å². The van der Waals surface area contributed by atoms with Crippen LogP contribution in [0.15, 0.2) is 121 Å². The van der Waals surface area contributed by atoms with Gasteiger partial charge in [0.05, 0.1) is 18.3 Å². The number of carbonyl (C=O) groups is 2. The van der Waals surface area contributed by atoms with Gasteiger partial charge >= 0.3 is 11.9 Å². The predicted octanol–water partition coefficient (Wildman–Crippen LogP) is 17.9. The Morgan fingerprint density at radius 2 is 1.05 bits per heavy atom. The van der Waals surface area contributed by atoms with Gasteiger partial charge in [0.2, 0.25) is 0 Å². The lowest BCUT2D eigenvalue weighted by atomic mass is 9.69. The van der Waals surface area contributed by atoms with Crippen LogP contribution in [0.4, 0.5) is 0 Å². The number of aliphatic carboxylic acids is 1. The van der Waals surface area contributed by atoms with E-state index < -0.39 is 26.5 Å². The van der Waals surface area contributed by atoms with Crippen LogP contribution in [0.2, 0.25) is 19.6 Å². The number of esters is 1. The van der Waals surface area contributed by atoms with E-state index in [4.69, 9.17) is 23.7 Å². The molecule has 3 N–H and O–H groups in total. The number of hydrogen-bond acceptors (Lipinski definition) is 8. The minimum Gasteiger partial charge on any atom is -0.491 e. The van der Waals surface area contributed by atoms with E-state index in [1.807, 2.05) is 45.9 Å². The molecule has 1 aliphatic heterocycles.